The Kier molecular flexibility index (Phi) is 2.40. The molecule has 3 rings (SSSR count). The zero-order chi connectivity index (χ0) is 12.9. The highest BCUT2D eigenvalue weighted by molar-refractivity contribution is 5.81. The summed E-state index contributed by atoms with van der Waals surface area (Å²) in [5.41, 5.74) is 10.1. The molecule has 0 saturated heterocycles. The van der Waals surface area contributed by atoms with E-state index >= 15 is 0 Å². The number of benzene rings is 1. The lowest BCUT2D eigenvalue weighted by atomic mass is 9.92. The van der Waals surface area contributed by atoms with E-state index in [-0.39, 0.29) is 0 Å². The van der Waals surface area contributed by atoms with Crippen molar-refractivity contribution in [2.24, 2.45) is 5.41 Å². The van der Waals surface area contributed by atoms with E-state index in [0.717, 1.165) is 5.52 Å². The first-order valence-electron chi connectivity index (χ1n) is 6.71. The van der Waals surface area contributed by atoms with Gasteiger partial charge in [-0.1, -0.05) is 26.0 Å². The molecule has 0 bridgehead atoms. The van der Waals surface area contributed by atoms with E-state index in [1.165, 1.54) is 30.3 Å². The van der Waals surface area contributed by atoms with Crippen molar-refractivity contribution in [2.75, 3.05) is 5.73 Å². The van der Waals surface area contributed by atoms with Gasteiger partial charge in [0.2, 0.25) is 5.95 Å². The molecule has 3 nitrogen and oxygen atoms in total. The first kappa shape index (κ1) is 11.6. The number of hydrogen-bond donors (Lipinski definition) is 1. The Bertz CT molecular complexity index is 595. The molecule has 1 heterocycles. The summed E-state index contributed by atoms with van der Waals surface area (Å²) in [5, 5.41) is 0. The quantitative estimate of drug-likeness (QED) is 0.830. The lowest BCUT2D eigenvalue weighted by molar-refractivity contribution is 0.361. The summed E-state index contributed by atoms with van der Waals surface area (Å²) in [4.78, 5) is 4.51. The summed E-state index contributed by atoms with van der Waals surface area (Å²) < 4.78 is 2.26. The van der Waals surface area contributed by atoms with E-state index in [9.17, 15) is 0 Å². The average Bonchev–Trinajstić information content (AvgIpc) is 2.79. The van der Waals surface area contributed by atoms with Crippen molar-refractivity contribution in [2.45, 2.75) is 46.1 Å². The fourth-order valence-corrected chi connectivity index (χ4v) is 3.33. The molecule has 0 spiro atoms. The lowest BCUT2D eigenvalue weighted by Gasteiger charge is -2.19. The predicted molar refractivity (Wildman–Crippen MR) is 75.6 cm³/mol. The Morgan fingerprint density at radius 2 is 2.17 bits per heavy atom. The van der Waals surface area contributed by atoms with Crippen LogP contribution >= 0.6 is 0 Å². The third kappa shape index (κ3) is 1.69. The van der Waals surface area contributed by atoms with Crippen LogP contribution in [0.3, 0.4) is 0 Å². The lowest BCUT2D eigenvalue weighted by Crippen LogP contribution is -2.12. The highest BCUT2D eigenvalue weighted by Crippen LogP contribution is 2.45. The molecule has 0 aliphatic heterocycles. The van der Waals surface area contributed by atoms with E-state index in [4.69, 9.17) is 5.73 Å². The Labute approximate surface area is 108 Å². The number of nitrogen functional groups attached to an aromatic ring is 1. The van der Waals surface area contributed by atoms with Gasteiger partial charge in [-0.05, 0) is 43.2 Å². The summed E-state index contributed by atoms with van der Waals surface area (Å²) >= 11 is 0. The van der Waals surface area contributed by atoms with Crippen molar-refractivity contribution in [1.82, 2.24) is 9.55 Å². The second-order valence-corrected chi connectivity index (χ2v) is 6.34. The van der Waals surface area contributed by atoms with Crippen LogP contribution in [0.5, 0.6) is 0 Å². The van der Waals surface area contributed by atoms with Crippen molar-refractivity contribution >= 4 is 17.0 Å². The van der Waals surface area contributed by atoms with Crippen molar-refractivity contribution < 1.29 is 0 Å². The van der Waals surface area contributed by atoms with Crippen LogP contribution in [0.1, 0.15) is 44.7 Å². The molecule has 0 amide bonds. The molecular weight excluding hydrogens is 222 g/mol. The number of hydrogen-bond acceptors (Lipinski definition) is 2. The number of fused-ring (bicyclic) bond motifs is 1. The van der Waals surface area contributed by atoms with Gasteiger partial charge in [-0.25, -0.2) is 4.98 Å². The minimum absolute atomic E-state index is 0.427. The van der Waals surface area contributed by atoms with Crippen molar-refractivity contribution in [3.05, 3.63) is 23.8 Å². The first-order chi connectivity index (χ1) is 8.48. The smallest absolute Gasteiger partial charge is 0.201 e. The summed E-state index contributed by atoms with van der Waals surface area (Å²) in [6, 6.07) is 6.74. The van der Waals surface area contributed by atoms with Gasteiger partial charge in [0.15, 0.2) is 0 Å². The van der Waals surface area contributed by atoms with Crippen LogP contribution in [-0.2, 0) is 0 Å². The van der Waals surface area contributed by atoms with Crippen LogP contribution in [0, 0.1) is 12.3 Å². The molecule has 1 atom stereocenters. The molecule has 1 unspecified atom stereocenters. The van der Waals surface area contributed by atoms with Crippen LogP contribution in [-0.4, -0.2) is 9.55 Å². The maximum atomic E-state index is 6.14. The minimum Gasteiger partial charge on any atom is -0.369 e. The topological polar surface area (TPSA) is 43.8 Å². The van der Waals surface area contributed by atoms with E-state index < -0.39 is 0 Å². The number of anilines is 1. The van der Waals surface area contributed by atoms with Gasteiger partial charge >= 0.3 is 0 Å². The Morgan fingerprint density at radius 3 is 2.83 bits per heavy atom. The van der Waals surface area contributed by atoms with Crippen LogP contribution in [0.4, 0.5) is 5.95 Å². The number of aryl methyl sites for hydroxylation is 1. The largest absolute Gasteiger partial charge is 0.369 e. The molecule has 1 aromatic heterocycles. The third-order valence-corrected chi connectivity index (χ3v) is 4.25. The fraction of sp³-hybridized carbons (Fsp3) is 0.533. The Balaban J connectivity index is 2.15. The fourth-order valence-electron chi connectivity index (χ4n) is 3.33. The summed E-state index contributed by atoms with van der Waals surface area (Å²) in [6.07, 6.45) is 3.66. The molecule has 18 heavy (non-hydrogen) atoms. The molecule has 2 N–H and O–H groups in total. The average molecular weight is 243 g/mol. The summed E-state index contributed by atoms with van der Waals surface area (Å²) in [6.45, 7) is 6.82. The molecule has 96 valence electrons. The monoisotopic (exact) mass is 243 g/mol. The normalized spacial score (nSPS) is 22.7. The molecule has 1 fully saturated rings. The van der Waals surface area contributed by atoms with Gasteiger partial charge < -0.3 is 10.3 Å². The number of para-hydroxylation sites is 1. The highest BCUT2D eigenvalue weighted by Gasteiger charge is 2.33. The second-order valence-electron chi connectivity index (χ2n) is 6.34. The molecule has 3 heteroatoms. The zero-order valence-corrected chi connectivity index (χ0v) is 11.4. The predicted octanol–water partition coefficient (Wildman–Crippen LogP) is 3.68. The number of aromatic nitrogens is 2. The third-order valence-electron chi connectivity index (χ3n) is 4.25. The maximum absolute atomic E-state index is 6.14. The van der Waals surface area contributed by atoms with Crippen LogP contribution in [0.15, 0.2) is 18.2 Å². The molecule has 1 aliphatic rings. The van der Waals surface area contributed by atoms with Crippen molar-refractivity contribution in [3.63, 3.8) is 0 Å². The highest BCUT2D eigenvalue weighted by atomic mass is 15.2. The second kappa shape index (κ2) is 3.74. The SMILES string of the molecule is Cc1cccc2nc(N)n(C3CCC(C)(C)C3)c12. The Morgan fingerprint density at radius 1 is 1.39 bits per heavy atom. The van der Waals surface area contributed by atoms with Gasteiger partial charge in [0.25, 0.3) is 0 Å². The van der Waals surface area contributed by atoms with Crippen molar-refractivity contribution in [1.29, 1.82) is 0 Å². The van der Waals surface area contributed by atoms with Gasteiger partial charge in [0, 0.05) is 6.04 Å². The molecule has 1 saturated carbocycles. The molecule has 2 aromatic rings. The van der Waals surface area contributed by atoms with E-state index in [1.54, 1.807) is 0 Å². The summed E-state index contributed by atoms with van der Waals surface area (Å²) in [7, 11) is 0. The molecule has 1 aromatic carbocycles. The van der Waals surface area contributed by atoms with Crippen LogP contribution in [0.25, 0.3) is 11.0 Å². The minimum atomic E-state index is 0.427. The zero-order valence-electron chi connectivity index (χ0n) is 11.4. The van der Waals surface area contributed by atoms with Gasteiger partial charge in [0.1, 0.15) is 0 Å². The first-order valence-corrected chi connectivity index (χ1v) is 6.71. The van der Waals surface area contributed by atoms with Gasteiger partial charge in [0.05, 0.1) is 11.0 Å². The number of nitrogens with two attached hydrogens (primary N) is 1. The van der Waals surface area contributed by atoms with Gasteiger partial charge in [-0.2, -0.15) is 0 Å². The van der Waals surface area contributed by atoms with Gasteiger partial charge in [-0.15, -0.1) is 0 Å². The molecule has 1 aliphatic carbocycles. The number of imidazole rings is 1. The van der Waals surface area contributed by atoms with E-state index in [0.29, 0.717) is 17.4 Å². The van der Waals surface area contributed by atoms with Crippen LogP contribution in [0.2, 0.25) is 0 Å². The standard InChI is InChI=1S/C15H21N3/c1-10-5-4-6-12-13(10)18(14(16)17-12)11-7-8-15(2,3)9-11/h4-6,11H,7-9H2,1-3H3,(H2,16,17). The van der Waals surface area contributed by atoms with E-state index in [2.05, 4.69) is 42.5 Å². The summed E-state index contributed by atoms with van der Waals surface area (Å²) in [5.74, 6) is 0.669. The van der Waals surface area contributed by atoms with E-state index in [1.807, 2.05) is 6.07 Å². The van der Waals surface area contributed by atoms with Crippen molar-refractivity contribution in [3.8, 4) is 0 Å². The van der Waals surface area contributed by atoms with Crippen LogP contribution < -0.4 is 5.73 Å². The molecular formula is C15H21N3. The molecule has 0 radical (unpaired) electrons. The number of rotatable bonds is 1. The maximum Gasteiger partial charge on any atom is 0.201 e. The van der Waals surface area contributed by atoms with Gasteiger partial charge in [-0.3, -0.25) is 0 Å². The number of nitrogens with zero attached hydrogens (tertiary/aromatic N) is 2. The Hall–Kier alpha value is -1.51.